The van der Waals surface area contributed by atoms with Crippen LogP contribution in [0.2, 0.25) is 0 Å². The highest BCUT2D eigenvalue weighted by Crippen LogP contribution is 2.31. The van der Waals surface area contributed by atoms with Gasteiger partial charge in [0.05, 0.1) is 0 Å². The minimum Gasteiger partial charge on any atom is -0.444 e. The van der Waals surface area contributed by atoms with E-state index in [1.165, 1.54) is 11.1 Å². The van der Waals surface area contributed by atoms with Crippen molar-refractivity contribution in [2.45, 2.75) is 64.9 Å². The molecule has 0 unspecified atom stereocenters. The van der Waals surface area contributed by atoms with Gasteiger partial charge in [0.15, 0.2) is 0 Å². The highest BCUT2D eigenvalue weighted by Gasteiger charge is 2.28. The van der Waals surface area contributed by atoms with E-state index < -0.39 is 5.60 Å². The summed E-state index contributed by atoms with van der Waals surface area (Å²) in [5, 5.41) is 0. The Hall–Kier alpha value is -1.51. The first-order valence-electron chi connectivity index (χ1n) is 8.96. The average molecular weight is 305 g/mol. The molecule has 122 valence electrons. The minimum absolute atomic E-state index is 0.196. The van der Waals surface area contributed by atoms with Crippen LogP contribution in [0.5, 0.6) is 0 Å². The first-order valence-corrected chi connectivity index (χ1v) is 8.25. The Bertz CT molecular complexity index is 516. The van der Waals surface area contributed by atoms with Gasteiger partial charge in [-0.25, -0.2) is 4.79 Å². The summed E-state index contributed by atoms with van der Waals surface area (Å²) in [6.45, 7) is 7.70. The summed E-state index contributed by atoms with van der Waals surface area (Å²) in [5.74, 6) is 0.510. The zero-order valence-electron chi connectivity index (χ0n) is 15.1. The molecule has 0 aliphatic carbocycles. The van der Waals surface area contributed by atoms with Crippen molar-refractivity contribution in [2.75, 3.05) is 13.1 Å². The second-order valence-corrected chi connectivity index (χ2v) is 7.04. The predicted octanol–water partition coefficient (Wildman–Crippen LogP) is 4.75. The molecule has 1 aromatic carbocycles. The van der Waals surface area contributed by atoms with E-state index in [9.17, 15) is 4.79 Å². The van der Waals surface area contributed by atoms with Gasteiger partial charge < -0.3 is 9.64 Å². The fourth-order valence-electron chi connectivity index (χ4n) is 3.05. The summed E-state index contributed by atoms with van der Waals surface area (Å²) in [5.41, 5.74) is 2.34. The quantitative estimate of drug-likeness (QED) is 0.806. The van der Waals surface area contributed by atoms with E-state index in [0.717, 1.165) is 38.8 Å². The van der Waals surface area contributed by atoms with Crippen LogP contribution in [0.25, 0.3) is 0 Å². The van der Waals surface area contributed by atoms with Gasteiger partial charge in [-0.05, 0) is 57.1 Å². The Kier molecular flexibility index (Phi) is 5.01. The molecule has 2 rings (SSSR count). The number of aryl methyl sites for hydroxylation is 1. The number of rotatable bonds is 3. The van der Waals surface area contributed by atoms with E-state index in [4.69, 9.17) is 6.11 Å². The number of amides is 1. The monoisotopic (exact) mass is 305 g/mol. The molecule has 3 heteroatoms. The molecule has 1 aliphatic rings. The molecule has 1 heterocycles. The molecular weight excluding hydrogens is 274 g/mol. The zero-order chi connectivity index (χ0) is 16.9. The topological polar surface area (TPSA) is 29.5 Å². The second kappa shape index (κ2) is 7.17. The number of ether oxygens (including phenoxy) is 1. The molecule has 1 aromatic rings. The average Bonchev–Trinajstić information content (AvgIpc) is 2.52. The summed E-state index contributed by atoms with van der Waals surface area (Å²) in [6.07, 6.45) is 3.66. The van der Waals surface area contributed by atoms with E-state index in [2.05, 4.69) is 24.3 Å². The van der Waals surface area contributed by atoms with E-state index in [1.54, 1.807) is 0 Å². The molecule has 0 radical (unpaired) electrons. The van der Waals surface area contributed by atoms with Gasteiger partial charge >= 0.3 is 6.09 Å². The van der Waals surface area contributed by atoms with Crippen LogP contribution in [0, 0.1) is 0 Å². The smallest absolute Gasteiger partial charge is 0.410 e. The molecule has 0 spiro atoms. The van der Waals surface area contributed by atoms with Gasteiger partial charge in [-0.15, -0.1) is 0 Å². The number of carbonyl (C=O) groups is 1. The summed E-state index contributed by atoms with van der Waals surface area (Å²) in [7, 11) is 0. The van der Waals surface area contributed by atoms with Crippen LogP contribution in [0.3, 0.4) is 0 Å². The zero-order valence-corrected chi connectivity index (χ0v) is 14.1. The highest BCUT2D eigenvalue weighted by atomic mass is 16.6. The molecule has 0 bridgehead atoms. The third-order valence-electron chi connectivity index (χ3n) is 4.09. The van der Waals surface area contributed by atoms with Gasteiger partial charge in [-0.1, -0.05) is 37.6 Å². The fraction of sp³-hybridized carbons (Fsp3) is 0.632. The molecule has 0 atom stereocenters. The van der Waals surface area contributed by atoms with E-state index in [-0.39, 0.29) is 6.09 Å². The largest absolute Gasteiger partial charge is 0.444 e. The molecule has 0 saturated carbocycles. The van der Waals surface area contributed by atoms with Crippen molar-refractivity contribution >= 4 is 6.09 Å². The molecule has 22 heavy (non-hydrogen) atoms. The van der Waals surface area contributed by atoms with E-state index in [0.29, 0.717) is 12.8 Å². The van der Waals surface area contributed by atoms with Crippen molar-refractivity contribution in [3.8, 4) is 0 Å². The number of hydrogen-bond donors (Lipinski definition) is 0. The van der Waals surface area contributed by atoms with Gasteiger partial charge in [0, 0.05) is 14.5 Å². The van der Waals surface area contributed by atoms with Crippen molar-refractivity contribution < 1.29 is 10.9 Å². The Morgan fingerprint density at radius 3 is 2.64 bits per heavy atom. The number of hydrogen-bond acceptors (Lipinski definition) is 2. The van der Waals surface area contributed by atoms with Gasteiger partial charge in [-0.2, -0.15) is 0 Å². The van der Waals surface area contributed by atoms with Crippen LogP contribution in [-0.2, 0) is 11.2 Å². The van der Waals surface area contributed by atoms with Gasteiger partial charge in [0.2, 0.25) is 0 Å². The number of nitrogens with zero attached hydrogens (tertiary/aromatic N) is 1. The Balaban J connectivity index is 1.95. The van der Waals surface area contributed by atoms with Crippen LogP contribution in [0.4, 0.5) is 4.79 Å². The van der Waals surface area contributed by atoms with Crippen molar-refractivity contribution in [3.63, 3.8) is 0 Å². The van der Waals surface area contributed by atoms with Crippen LogP contribution in [0.15, 0.2) is 24.3 Å². The van der Waals surface area contributed by atoms with Crippen molar-refractivity contribution in [3.05, 3.63) is 35.4 Å². The van der Waals surface area contributed by atoms with Crippen LogP contribution >= 0.6 is 0 Å². The van der Waals surface area contributed by atoms with Crippen molar-refractivity contribution in [1.29, 1.82) is 0 Å². The number of benzene rings is 1. The number of carbonyl (C=O) groups excluding carboxylic acids is 1. The second-order valence-electron chi connectivity index (χ2n) is 7.04. The molecule has 1 aliphatic heterocycles. The molecule has 1 amide bonds. The Morgan fingerprint density at radius 1 is 1.32 bits per heavy atom. The highest BCUT2D eigenvalue weighted by molar-refractivity contribution is 5.68. The lowest BCUT2D eigenvalue weighted by atomic mass is 9.85. The van der Waals surface area contributed by atoms with Gasteiger partial charge in [0.25, 0.3) is 0 Å². The van der Waals surface area contributed by atoms with Gasteiger partial charge in [0.1, 0.15) is 5.60 Å². The molecule has 0 N–H and O–H groups in total. The van der Waals surface area contributed by atoms with Crippen molar-refractivity contribution in [1.82, 2.24) is 4.90 Å². The number of likely N-dealkylation sites (tertiary alicyclic amines) is 1. The van der Waals surface area contributed by atoms with Crippen LogP contribution in [0.1, 0.15) is 65.3 Å². The molecule has 1 fully saturated rings. The fourth-order valence-corrected chi connectivity index (χ4v) is 3.05. The molecule has 1 saturated heterocycles. The lowest BCUT2D eigenvalue weighted by molar-refractivity contribution is 0.0204. The van der Waals surface area contributed by atoms with Crippen LogP contribution in [-0.4, -0.2) is 29.7 Å². The summed E-state index contributed by atoms with van der Waals surface area (Å²) < 4.78 is 12.8. The third-order valence-corrected chi connectivity index (χ3v) is 4.09. The molecule has 0 aromatic heterocycles. The van der Waals surface area contributed by atoms with Crippen molar-refractivity contribution in [2.24, 2.45) is 0 Å². The summed E-state index contributed by atoms with van der Waals surface area (Å²) in [6, 6.07) is 8.58. The van der Waals surface area contributed by atoms with Crippen LogP contribution < -0.4 is 0 Å². The maximum atomic E-state index is 12.1. The first-order chi connectivity index (χ1) is 10.9. The SMILES string of the molecule is [3H]CCCc1ccccc1C1CCN(C(=O)OC(C)(C)C)CC1. The minimum atomic E-state index is -0.434. The summed E-state index contributed by atoms with van der Waals surface area (Å²) in [4.78, 5) is 14.0. The standard InChI is InChI=1S/C19H29NO2/c1-5-8-15-9-6-7-10-17(15)16-11-13-20(14-12-16)18(21)22-19(2,3)4/h6-7,9-10,16H,5,8,11-14H2,1-4H3/i1T. The first kappa shape index (κ1) is 15.4. The number of piperidine rings is 1. The lowest BCUT2D eigenvalue weighted by Gasteiger charge is -2.34. The molecular formula is C19H29NO2. The summed E-state index contributed by atoms with van der Waals surface area (Å²) >= 11 is 0. The third kappa shape index (κ3) is 4.49. The van der Waals surface area contributed by atoms with Gasteiger partial charge in [-0.3, -0.25) is 0 Å². The Labute approximate surface area is 136 Å². The van der Waals surface area contributed by atoms with E-state index >= 15 is 0 Å². The Morgan fingerprint density at radius 2 is 2.00 bits per heavy atom. The molecule has 3 nitrogen and oxygen atoms in total. The maximum absolute atomic E-state index is 12.1. The predicted molar refractivity (Wildman–Crippen MR) is 90.2 cm³/mol. The van der Waals surface area contributed by atoms with E-state index in [1.807, 2.05) is 25.7 Å². The lowest BCUT2D eigenvalue weighted by Crippen LogP contribution is -2.41. The maximum Gasteiger partial charge on any atom is 0.410 e. The normalized spacial score (nSPS) is 17.2.